The van der Waals surface area contributed by atoms with E-state index in [-0.39, 0.29) is 18.6 Å². The molecule has 1 amide bonds. The van der Waals surface area contributed by atoms with Gasteiger partial charge in [-0.25, -0.2) is 0 Å². The average molecular weight is 283 g/mol. The van der Waals surface area contributed by atoms with Gasteiger partial charge < -0.3 is 10.1 Å². The van der Waals surface area contributed by atoms with Crippen LogP contribution in [0.25, 0.3) is 0 Å². The second kappa shape index (κ2) is 7.48. The van der Waals surface area contributed by atoms with Crippen LogP contribution in [0.15, 0.2) is 54.6 Å². The van der Waals surface area contributed by atoms with Gasteiger partial charge in [-0.2, -0.15) is 0 Å². The van der Waals surface area contributed by atoms with Crippen molar-refractivity contribution < 1.29 is 9.53 Å². The SMILES string of the molecule is CCc1cccc(OCC(=O)N[C@H](C)c2ccccc2)c1. The maximum Gasteiger partial charge on any atom is 0.258 e. The molecule has 1 N–H and O–H groups in total. The first kappa shape index (κ1) is 15.1. The van der Waals surface area contributed by atoms with Crippen LogP contribution < -0.4 is 10.1 Å². The van der Waals surface area contributed by atoms with E-state index in [1.54, 1.807) is 0 Å². The van der Waals surface area contributed by atoms with Crippen molar-refractivity contribution in [1.82, 2.24) is 5.32 Å². The fourth-order valence-corrected chi connectivity index (χ4v) is 2.11. The fourth-order valence-electron chi connectivity index (χ4n) is 2.11. The van der Waals surface area contributed by atoms with Crippen LogP contribution in [0.2, 0.25) is 0 Å². The number of nitrogens with one attached hydrogen (secondary N) is 1. The molecule has 1 atom stereocenters. The standard InChI is InChI=1S/C18H21NO2/c1-3-15-8-7-11-17(12-15)21-13-18(20)19-14(2)16-9-5-4-6-10-16/h4-12,14H,3,13H2,1-2H3,(H,19,20)/t14-/m1/s1. The summed E-state index contributed by atoms with van der Waals surface area (Å²) in [5, 5.41) is 2.93. The van der Waals surface area contributed by atoms with Crippen LogP contribution >= 0.6 is 0 Å². The lowest BCUT2D eigenvalue weighted by Gasteiger charge is -2.14. The Morgan fingerprint density at radius 1 is 1.14 bits per heavy atom. The van der Waals surface area contributed by atoms with Crippen molar-refractivity contribution in [1.29, 1.82) is 0 Å². The van der Waals surface area contributed by atoms with Crippen LogP contribution in [0.1, 0.15) is 31.0 Å². The smallest absolute Gasteiger partial charge is 0.258 e. The largest absolute Gasteiger partial charge is 0.484 e. The van der Waals surface area contributed by atoms with Crippen LogP contribution in [-0.4, -0.2) is 12.5 Å². The first-order valence-electron chi connectivity index (χ1n) is 7.25. The number of ether oxygens (including phenoxy) is 1. The van der Waals surface area contributed by atoms with Gasteiger partial charge in [-0.3, -0.25) is 4.79 Å². The molecule has 0 radical (unpaired) electrons. The minimum absolute atomic E-state index is 0.0238. The van der Waals surface area contributed by atoms with Crippen molar-refractivity contribution in [2.24, 2.45) is 0 Å². The zero-order valence-corrected chi connectivity index (χ0v) is 12.5. The molecule has 0 aliphatic carbocycles. The molecular weight excluding hydrogens is 262 g/mol. The molecule has 0 bridgehead atoms. The van der Waals surface area contributed by atoms with E-state index >= 15 is 0 Å². The highest BCUT2D eigenvalue weighted by Crippen LogP contribution is 2.14. The quantitative estimate of drug-likeness (QED) is 0.881. The summed E-state index contributed by atoms with van der Waals surface area (Å²) in [7, 11) is 0. The Morgan fingerprint density at radius 2 is 1.90 bits per heavy atom. The van der Waals surface area contributed by atoms with Crippen molar-refractivity contribution in [2.75, 3.05) is 6.61 Å². The molecule has 2 aromatic carbocycles. The molecule has 110 valence electrons. The number of benzene rings is 2. The molecule has 0 aliphatic heterocycles. The summed E-state index contributed by atoms with van der Waals surface area (Å²) in [5.74, 6) is 0.616. The molecule has 2 rings (SSSR count). The fraction of sp³-hybridized carbons (Fsp3) is 0.278. The second-order valence-electron chi connectivity index (χ2n) is 4.99. The third-order valence-electron chi connectivity index (χ3n) is 3.35. The van der Waals surface area contributed by atoms with Crippen LogP contribution in [0.5, 0.6) is 5.75 Å². The lowest BCUT2D eigenvalue weighted by atomic mass is 10.1. The van der Waals surface area contributed by atoms with Gasteiger partial charge in [0, 0.05) is 0 Å². The maximum atomic E-state index is 11.9. The number of carbonyl (C=O) groups excluding carboxylic acids is 1. The topological polar surface area (TPSA) is 38.3 Å². The number of rotatable bonds is 6. The van der Waals surface area contributed by atoms with Crippen molar-refractivity contribution in [3.63, 3.8) is 0 Å². The van der Waals surface area contributed by atoms with Gasteiger partial charge in [0.15, 0.2) is 6.61 Å². The molecule has 3 nitrogen and oxygen atoms in total. The van der Waals surface area contributed by atoms with Crippen LogP contribution in [-0.2, 0) is 11.2 Å². The van der Waals surface area contributed by atoms with E-state index in [2.05, 4.69) is 12.2 Å². The van der Waals surface area contributed by atoms with E-state index < -0.39 is 0 Å². The molecule has 0 unspecified atom stereocenters. The Kier molecular flexibility index (Phi) is 5.38. The Balaban J connectivity index is 1.84. The summed E-state index contributed by atoms with van der Waals surface area (Å²) in [6.07, 6.45) is 0.953. The van der Waals surface area contributed by atoms with Gasteiger partial charge in [0.25, 0.3) is 5.91 Å². The summed E-state index contributed by atoms with van der Waals surface area (Å²) in [5.41, 5.74) is 2.28. The lowest BCUT2D eigenvalue weighted by molar-refractivity contribution is -0.123. The molecule has 21 heavy (non-hydrogen) atoms. The summed E-state index contributed by atoms with van der Waals surface area (Å²) >= 11 is 0. The number of carbonyl (C=O) groups is 1. The van der Waals surface area contributed by atoms with E-state index in [1.165, 1.54) is 5.56 Å². The van der Waals surface area contributed by atoms with Crippen LogP contribution in [0, 0.1) is 0 Å². The summed E-state index contributed by atoms with van der Waals surface area (Å²) in [6.45, 7) is 4.09. The summed E-state index contributed by atoms with van der Waals surface area (Å²) in [6, 6.07) is 17.7. The highest BCUT2D eigenvalue weighted by Gasteiger charge is 2.09. The lowest BCUT2D eigenvalue weighted by Crippen LogP contribution is -2.31. The third-order valence-corrected chi connectivity index (χ3v) is 3.35. The number of amides is 1. The monoisotopic (exact) mass is 283 g/mol. The van der Waals surface area contributed by atoms with Gasteiger partial charge in [-0.1, -0.05) is 49.4 Å². The Labute approximate surface area is 126 Å². The van der Waals surface area contributed by atoms with Crippen LogP contribution in [0.4, 0.5) is 0 Å². The Morgan fingerprint density at radius 3 is 2.62 bits per heavy atom. The van der Waals surface area contributed by atoms with Gasteiger partial charge in [0.05, 0.1) is 6.04 Å². The Bertz CT molecular complexity index is 581. The average Bonchev–Trinajstić information content (AvgIpc) is 2.54. The van der Waals surface area contributed by atoms with E-state index in [4.69, 9.17) is 4.74 Å². The predicted octanol–water partition coefficient (Wildman–Crippen LogP) is 3.51. The van der Waals surface area contributed by atoms with E-state index in [1.807, 2.05) is 61.5 Å². The molecule has 0 spiro atoms. The van der Waals surface area contributed by atoms with Crippen molar-refractivity contribution in [3.05, 3.63) is 65.7 Å². The zero-order chi connectivity index (χ0) is 15.1. The first-order chi connectivity index (χ1) is 10.2. The number of hydrogen-bond acceptors (Lipinski definition) is 2. The van der Waals surface area contributed by atoms with Crippen molar-refractivity contribution >= 4 is 5.91 Å². The van der Waals surface area contributed by atoms with Crippen molar-refractivity contribution in [3.8, 4) is 5.75 Å². The van der Waals surface area contributed by atoms with Crippen LogP contribution in [0.3, 0.4) is 0 Å². The highest BCUT2D eigenvalue weighted by molar-refractivity contribution is 5.78. The number of hydrogen-bond donors (Lipinski definition) is 1. The molecule has 0 aliphatic rings. The third kappa shape index (κ3) is 4.63. The molecular formula is C18H21NO2. The molecule has 0 heterocycles. The summed E-state index contributed by atoms with van der Waals surface area (Å²) < 4.78 is 5.53. The first-order valence-corrected chi connectivity index (χ1v) is 7.25. The normalized spacial score (nSPS) is 11.7. The van der Waals surface area contributed by atoms with E-state index in [9.17, 15) is 4.79 Å². The predicted molar refractivity (Wildman–Crippen MR) is 84.3 cm³/mol. The molecule has 2 aromatic rings. The van der Waals surface area contributed by atoms with Gasteiger partial charge >= 0.3 is 0 Å². The van der Waals surface area contributed by atoms with E-state index in [0.717, 1.165) is 17.7 Å². The molecule has 3 heteroatoms. The van der Waals surface area contributed by atoms with E-state index in [0.29, 0.717) is 0 Å². The Hall–Kier alpha value is -2.29. The zero-order valence-electron chi connectivity index (χ0n) is 12.5. The van der Waals surface area contributed by atoms with Gasteiger partial charge in [-0.05, 0) is 36.6 Å². The second-order valence-corrected chi connectivity index (χ2v) is 4.99. The molecule has 0 fully saturated rings. The number of aryl methyl sites for hydroxylation is 1. The molecule has 0 saturated carbocycles. The molecule has 0 saturated heterocycles. The van der Waals surface area contributed by atoms with Gasteiger partial charge in [0.1, 0.15) is 5.75 Å². The van der Waals surface area contributed by atoms with Crippen molar-refractivity contribution in [2.45, 2.75) is 26.3 Å². The molecule has 0 aromatic heterocycles. The minimum atomic E-state index is -0.117. The maximum absolute atomic E-state index is 11.9. The highest BCUT2D eigenvalue weighted by atomic mass is 16.5. The minimum Gasteiger partial charge on any atom is -0.484 e. The van der Waals surface area contributed by atoms with Gasteiger partial charge in [-0.15, -0.1) is 0 Å². The van der Waals surface area contributed by atoms with Gasteiger partial charge in [0.2, 0.25) is 0 Å². The summed E-state index contributed by atoms with van der Waals surface area (Å²) in [4.78, 5) is 11.9.